The fourth-order valence-corrected chi connectivity index (χ4v) is 1.97. The van der Waals surface area contributed by atoms with Gasteiger partial charge in [-0.15, -0.1) is 0 Å². The fourth-order valence-electron chi connectivity index (χ4n) is 1.39. The van der Waals surface area contributed by atoms with Crippen LogP contribution in [0.15, 0.2) is 16.6 Å². The molecule has 0 spiro atoms. The quantitative estimate of drug-likeness (QED) is 0.888. The summed E-state index contributed by atoms with van der Waals surface area (Å²) in [5, 5.41) is 9.47. The van der Waals surface area contributed by atoms with Gasteiger partial charge in [-0.25, -0.2) is 0 Å². The molecule has 0 saturated heterocycles. The number of hydrogen-bond donors (Lipinski definition) is 2. The number of halogens is 1. The van der Waals surface area contributed by atoms with Crippen LogP contribution in [0.1, 0.15) is 18.5 Å². The molecule has 3 N–H and O–H groups in total. The summed E-state index contributed by atoms with van der Waals surface area (Å²) in [7, 11) is 3.13. The van der Waals surface area contributed by atoms with Crippen molar-refractivity contribution in [2.45, 2.75) is 19.1 Å². The van der Waals surface area contributed by atoms with Crippen molar-refractivity contribution in [1.82, 2.24) is 0 Å². The van der Waals surface area contributed by atoms with Gasteiger partial charge in [0.25, 0.3) is 0 Å². The third-order valence-corrected chi connectivity index (χ3v) is 3.07. The number of methoxy groups -OCH3 is 2. The minimum absolute atomic E-state index is 0.464. The molecule has 1 rings (SSSR count). The minimum Gasteiger partial charge on any atom is -0.493 e. The van der Waals surface area contributed by atoms with Crippen LogP contribution in [0.5, 0.6) is 11.5 Å². The van der Waals surface area contributed by atoms with E-state index in [4.69, 9.17) is 15.2 Å². The molecule has 4 nitrogen and oxygen atoms in total. The van der Waals surface area contributed by atoms with E-state index in [9.17, 15) is 5.11 Å². The lowest BCUT2D eigenvalue weighted by molar-refractivity contribution is 0.164. The Kier molecular flexibility index (Phi) is 4.58. The third kappa shape index (κ3) is 2.66. The molecule has 0 aliphatic carbocycles. The van der Waals surface area contributed by atoms with Crippen molar-refractivity contribution in [3.05, 3.63) is 22.2 Å². The van der Waals surface area contributed by atoms with Crippen LogP contribution >= 0.6 is 15.9 Å². The molecule has 0 saturated carbocycles. The van der Waals surface area contributed by atoms with E-state index >= 15 is 0 Å². The molecule has 0 aromatic heterocycles. The van der Waals surface area contributed by atoms with Gasteiger partial charge in [-0.1, -0.05) is 15.9 Å². The molecule has 5 heteroatoms. The van der Waals surface area contributed by atoms with Gasteiger partial charge in [0, 0.05) is 4.47 Å². The molecule has 0 unspecified atom stereocenters. The maximum Gasteiger partial charge on any atom is 0.161 e. The summed E-state index contributed by atoms with van der Waals surface area (Å²) in [6.45, 7) is 1.65. The van der Waals surface area contributed by atoms with Gasteiger partial charge >= 0.3 is 0 Å². The average molecular weight is 290 g/mol. The van der Waals surface area contributed by atoms with Gasteiger partial charge in [0.1, 0.15) is 0 Å². The van der Waals surface area contributed by atoms with Crippen molar-refractivity contribution in [3.8, 4) is 11.5 Å². The first-order valence-electron chi connectivity index (χ1n) is 4.86. The van der Waals surface area contributed by atoms with Crippen molar-refractivity contribution in [3.63, 3.8) is 0 Å². The minimum atomic E-state index is -0.630. The molecule has 0 aliphatic heterocycles. The Bertz CT molecular complexity index is 368. The van der Waals surface area contributed by atoms with Gasteiger partial charge in [-0.05, 0) is 24.6 Å². The molecule has 16 heavy (non-hydrogen) atoms. The molecule has 0 bridgehead atoms. The number of ether oxygens (including phenoxy) is 2. The number of aliphatic hydroxyl groups excluding tert-OH is 1. The fraction of sp³-hybridized carbons (Fsp3) is 0.455. The van der Waals surface area contributed by atoms with E-state index in [0.29, 0.717) is 11.5 Å². The highest BCUT2D eigenvalue weighted by Crippen LogP contribution is 2.36. The second-order valence-electron chi connectivity index (χ2n) is 3.50. The Morgan fingerprint density at radius 3 is 2.19 bits per heavy atom. The smallest absolute Gasteiger partial charge is 0.161 e. The number of hydrogen-bond acceptors (Lipinski definition) is 4. The Balaban J connectivity index is 3.21. The summed E-state index contributed by atoms with van der Waals surface area (Å²) < 4.78 is 11.1. The molecule has 0 radical (unpaired) electrons. The molecule has 0 fully saturated rings. The Hall–Kier alpha value is -0.780. The zero-order valence-electron chi connectivity index (χ0n) is 9.53. The molecule has 0 heterocycles. The van der Waals surface area contributed by atoms with E-state index in [-0.39, 0.29) is 0 Å². The van der Waals surface area contributed by atoms with Crippen molar-refractivity contribution in [1.29, 1.82) is 0 Å². The Labute approximate surface area is 103 Å². The maximum absolute atomic E-state index is 9.47. The standard InChI is InChI=1S/C11H16BrNO3/c1-6(14)11(13)7-4-9(15-2)10(16-3)5-8(7)12/h4-6,11,14H,13H2,1-3H3/t6-,11-/m0/s1. The van der Waals surface area contributed by atoms with Crippen molar-refractivity contribution >= 4 is 15.9 Å². The van der Waals surface area contributed by atoms with Crippen molar-refractivity contribution in [2.24, 2.45) is 5.73 Å². The van der Waals surface area contributed by atoms with Crippen LogP contribution in [0.4, 0.5) is 0 Å². The summed E-state index contributed by atoms with van der Waals surface area (Å²) in [6, 6.07) is 3.07. The van der Waals surface area contributed by atoms with E-state index in [1.807, 2.05) is 0 Å². The molecule has 0 aliphatic rings. The highest BCUT2D eigenvalue weighted by atomic mass is 79.9. The molecule has 2 atom stereocenters. The topological polar surface area (TPSA) is 64.7 Å². The predicted molar refractivity (Wildman–Crippen MR) is 65.9 cm³/mol. The van der Waals surface area contributed by atoms with E-state index in [1.165, 1.54) is 0 Å². The summed E-state index contributed by atoms with van der Waals surface area (Å²) in [6.07, 6.45) is -0.630. The second-order valence-corrected chi connectivity index (χ2v) is 4.35. The summed E-state index contributed by atoms with van der Waals surface area (Å²) in [5.74, 6) is 1.22. The van der Waals surface area contributed by atoms with Crippen LogP contribution < -0.4 is 15.2 Å². The number of benzene rings is 1. The van der Waals surface area contributed by atoms with E-state index in [0.717, 1.165) is 10.0 Å². The summed E-state index contributed by atoms with van der Waals surface area (Å²) >= 11 is 3.39. The third-order valence-electron chi connectivity index (χ3n) is 2.38. The molecule has 90 valence electrons. The molecular formula is C11H16BrNO3. The van der Waals surface area contributed by atoms with E-state index < -0.39 is 12.1 Å². The van der Waals surface area contributed by atoms with Gasteiger partial charge in [0.2, 0.25) is 0 Å². The normalized spacial score (nSPS) is 14.4. The van der Waals surface area contributed by atoms with Crippen LogP contribution in [0, 0.1) is 0 Å². The number of rotatable bonds is 4. The highest BCUT2D eigenvalue weighted by Gasteiger charge is 2.18. The monoisotopic (exact) mass is 289 g/mol. The summed E-state index contributed by atoms with van der Waals surface area (Å²) in [5.41, 5.74) is 6.66. The van der Waals surface area contributed by atoms with Crippen LogP contribution in [-0.4, -0.2) is 25.4 Å². The first kappa shape index (κ1) is 13.3. The Morgan fingerprint density at radius 1 is 1.25 bits per heavy atom. The largest absolute Gasteiger partial charge is 0.493 e. The zero-order chi connectivity index (χ0) is 12.3. The maximum atomic E-state index is 9.47. The lowest BCUT2D eigenvalue weighted by atomic mass is 10.0. The zero-order valence-corrected chi connectivity index (χ0v) is 11.1. The van der Waals surface area contributed by atoms with Crippen LogP contribution in [0.3, 0.4) is 0 Å². The first-order valence-corrected chi connectivity index (χ1v) is 5.65. The molecular weight excluding hydrogens is 274 g/mol. The molecule has 1 aromatic rings. The van der Waals surface area contributed by atoms with E-state index in [2.05, 4.69) is 15.9 Å². The second kappa shape index (κ2) is 5.52. The summed E-state index contributed by atoms with van der Waals surface area (Å²) in [4.78, 5) is 0. The van der Waals surface area contributed by atoms with Crippen molar-refractivity contribution in [2.75, 3.05) is 14.2 Å². The van der Waals surface area contributed by atoms with Gasteiger partial charge in [0.05, 0.1) is 26.4 Å². The first-order chi connectivity index (χ1) is 7.51. The number of aliphatic hydroxyl groups is 1. The van der Waals surface area contributed by atoms with E-state index in [1.54, 1.807) is 33.3 Å². The average Bonchev–Trinajstić information content (AvgIpc) is 2.27. The van der Waals surface area contributed by atoms with Crippen molar-refractivity contribution < 1.29 is 14.6 Å². The van der Waals surface area contributed by atoms with Crippen LogP contribution in [0.2, 0.25) is 0 Å². The lowest BCUT2D eigenvalue weighted by Gasteiger charge is -2.19. The van der Waals surface area contributed by atoms with Gasteiger partial charge in [0.15, 0.2) is 11.5 Å². The van der Waals surface area contributed by atoms with Gasteiger partial charge in [-0.3, -0.25) is 0 Å². The van der Waals surface area contributed by atoms with Gasteiger partial charge in [-0.2, -0.15) is 0 Å². The SMILES string of the molecule is COc1cc(Br)c([C@@H](N)[C@H](C)O)cc1OC. The Morgan fingerprint density at radius 2 is 1.75 bits per heavy atom. The predicted octanol–water partition coefficient (Wildman–Crippen LogP) is 1.85. The van der Waals surface area contributed by atoms with Crippen LogP contribution in [0.25, 0.3) is 0 Å². The lowest BCUT2D eigenvalue weighted by Crippen LogP contribution is -2.23. The number of nitrogens with two attached hydrogens (primary N) is 1. The van der Waals surface area contributed by atoms with Gasteiger partial charge < -0.3 is 20.3 Å². The van der Waals surface area contributed by atoms with Crippen LogP contribution in [-0.2, 0) is 0 Å². The molecule has 0 amide bonds. The highest BCUT2D eigenvalue weighted by molar-refractivity contribution is 9.10. The molecule has 1 aromatic carbocycles.